The van der Waals surface area contributed by atoms with E-state index in [1.807, 2.05) is 11.8 Å². The van der Waals surface area contributed by atoms with E-state index in [-0.39, 0.29) is 0 Å². The van der Waals surface area contributed by atoms with Crippen molar-refractivity contribution in [2.45, 2.75) is 28.0 Å². The van der Waals surface area contributed by atoms with Gasteiger partial charge in [0.1, 0.15) is 0 Å². The van der Waals surface area contributed by atoms with Crippen LogP contribution in [0.3, 0.4) is 0 Å². The van der Waals surface area contributed by atoms with Crippen LogP contribution >= 0.6 is 27.7 Å². The number of rotatable bonds is 2. The predicted molar refractivity (Wildman–Crippen MR) is 82.4 cm³/mol. The number of hydrogen-bond donors (Lipinski definition) is 1. The first-order valence-electron chi connectivity index (χ1n) is 6.04. The summed E-state index contributed by atoms with van der Waals surface area (Å²) in [7, 11) is 0. The van der Waals surface area contributed by atoms with E-state index in [4.69, 9.17) is 0 Å². The van der Waals surface area contributed by atoms with Crippen molar-refractivity contribution in [2.24, 2.45) is 0 Å². The molecule has 1 unspecified atom stereocenters. The van der Waals surface area contributed by atoms with Gasteiger partial charge in [-0.25, -0.2) is 0 Å². The third-order valence-corrected chi connectivity index (χ3v) is 4.44. The molecule has 0 aromatic heterocycles. The Morgan fingerprint density at radius 3 is 2.72 bits per heavy atom. The van der Waals surface area contributed by atoms with Crippen molar-refractivity contribution in [3.05, 3.63) is 48.0 Å². The molecule has 0 saturated carbocycles. The number of fused-ring (bicyclic) bond motifs is 2. The van der Waals surface area contributed by atoms with Gasteiger partial charge in [-0.05, 0) is 30.2 Å². The van der Waals surface area contributed by atoms with E-state index >= 15 is 0 Å². The first-order chi connectivity index (χ1) is 8.74. The molecule has 2 aromatic carbocycles. The van der Waals surface area contributed by atoms with Crippen LogP contribution in [0.1, 0.15) is 12.5 Å². The number of anilines is 2. The van der Waals surface area contributed by atoms with E-state index in [0.717, 1.165) is 6.42 Å². The van der Waals surface area contributed by atoms with Crippen molar-refractivity contribution in [1.29, 1.82) is 0 Å². The monoisotopic (exact) mass is 319 g/mol. The first kappa shape index (κ1) is 12.1. The SMILES string of the molecule is CC(Br)Cc1cccc2c1Nc1ccccc1S2. The Hall–Kier alpha value is -0.930. The first-order valence-corrected chi connectivity index (χ1v) is 7.77. The van der Waals surface area contributed by atoms with Crippen LogP contribution in [-0.4, -0.2) is 4.83 Å². The highest BCUT2D eigenvalue weighted by molar-refractivity contribution is 9.09. The molecule has 3 heteroatoms. The molecule has 3 rings (SSSR count). The van der Waals surface area contributed by atoms with Crippen LogP contribution in [0.4, 0.5) is 11.4 Å². The Bertz CT molecular complexity index is 580. The molecule has 0 saturated heterocycles. The third-order valence-electron chi connectivity index (χ3n) is 2.98. The molecule has 0 bridgehead atoms. The zero-order chi connectivity index (χ0) is 12.5. The minimum Gasteiger partial charge on any atom is -0.353 e. The molecule has 0 radical (unpaired) electrons. The lowest BCUT2D eigenvalue weighted by molar-refractivity contribution is 0.956. The lowest BCUT2D eigenvalue weighted by Crippen LogP contribution is -2.06. The largest absolute Gasteiger partial charge is 0.353 e. The maximum atomic E-state index is 3.64. The third kappa shape index (κ3) is 2.29. The van der Waals surface area contributed by atoms with E-state index in [1.54, 1.807) is 0 Å². The van der Waals surface area contributed by atoms with Gasteiger partial charge in [0.25, 0.3) is 0 Å². The summed E-state index contributed by atoms with van der Waals surface area (Å²) in [6.45, 7) is 2.18. The fourth-order valence-corrected chi connectivity index (χ4v) is 3.58. The maximum absolute atomic E-state index is 3.64. The molecule has 1 atom stereocenters. The molecule has 18 heavy (non-hydrogen) atoms. The molecular formula is C15H14BrNS. The van der Waals surface area contributed by atoms with Gasteiger partial charge in [0, 0.05) is 14.6 Å². The predicted octanol–water partition coefficient (Wildman–Crippen LogP) is 5.22. The van der Waals surface area contributed by atoms with Crippen LogP contribution in [0.25, 0.3) is 0 Å². The van der Waals surface area contributed by atoms with Crippen LogP contribution < -0.4 is 5.32 Å². The summed E-state index contributed by atoms with van der Waals surface area (Å²) in [6, 6.07) is 15.0. The standard InChI is InChI=1S/C15H14BrNS/c1-10(16)9-11-5-4-8-14-15(11)17-12-6-2-3-7-13(12)18-14/h2-8,10,17H,9H2,1H3. The molecule has 1 heterocycles. The second-order valence-corrected chi connectivity index (χ2v) is 7.15. The van der Waals surface area contributed by atoms with E-state index in [9.17, 15) is 0 Å². The summed E-state index contributed by atoms with van der Waals surface area (Å²) in [5, 5.41) is 3.57. The van der Waals surface area contributed by atoms with Gasteiger partial charge in [-0.3, -0.25) is 0 Å². The lowest BCUT2D eigenvalue weighted by atomic mass is 10.1. The number of nitrogens with one attached hydrogen (secondary N) is 1. The van der Waals surface area contributed by atoms with Crippen molar-refractivity contribution in [2.75, 3.05) is 5.32 Å². The minimum atomic E-state index is 0.493. The summed E-state index contributed by atoms with van der Waals surface area (Å²) < 4.78 is 0. The van der Waals surface area contributed by atoms with Crippen molar-refractivity contribution >= 4 is 39.1 Å². The zero-order valence-electron chi connectivity index (χ0n) is 10.1. The number of halogens is 1. The Labute approximate surface area is 120 Å². The fraction of sp³-hybridized carbons (Fsp3) is 0.200. The number of alkyl halides is 1. The summed E-state index contributed by atoms with van der Waals surface area (Å²) in [5.41, 5.74) is 3.86. The Morgan fingerprint density at radius 2 is 1.89 bits per heavy atom. The molecule has 0 amide bonds. The average Bonchev–Trinajstić information content (AvgIpc) is 2.36. The van der Waals surface area contributed by atoms with Crippen LogP contribution in [0, 0.1) is 0 Å². The molecule has 0 aliphatic carbocycles. The second kappa shape index (κ2) is 4.98. The highest BCUT2D eigenvalue weighted by Gasteiger charge is 2.18. The Balaban J connectivity index is 2.02. The number of para-hydroxylation sites is 2. The molecule has 1 aliphatic rings. The summed E-state index contributed by atoms with van der Waals surface area (Å²) in [4.78, 5) is 3.11. The van der Waals surface area contributed by atoms with Gasteiger partial charge < -0.3 is 5.32 Å². The molecule has 2 aromatic rings. The normalized spacial score (nSPS) is 14.3. The van der Waals surface area contributed by atoms with E-state index in [0.29, 0.717) is 4.83 Å². The summed E-state index contributed by atoms with van der Waals surface area (Å²) in [5.74, 6) is 0. The van der Waals surface area contributed by atoms with Crippen molar-refractivity contribution in [3.63, 3.8) is 0 Å². The molecule has 0 spiro atoms. The van der Waals surface area contributed by atoms with Gasteiger partial charge in [0.2, 0.25) is 0 Å². The zero-order valence-corrected chi connectivity index (χ0v) is 12.5. The summed E-state index contributed by atoms with van der Waals surface area (Å²) in [6.07, 6.45) is 1.04. The van der Waals surface area contributed by atoms with Gasteiger partial charge in [-0.15, -0.1) is 0 Å². The van der Waals surface area contributed by atoms with E-state index in [2.05, 4.69) is 70.6 Å². The van der Waals surface area contributed by atoms with Crippen LogP contribution in [0.2, 0.25) is 0 Å². The van der Waals surface area contributed by atoms with Gasteiger partial charge in [-0.2, -0.15) is 0 Å². The van der Waals surface area contributed by atoms with E-state index in [1.165, 1.54) is 26.7 Å². The number of benzene rings is 2. The molecule has 1 N–H and O–H groups in total. The molecule has 92 valence electrons. The fourth-order valence-electron chi connectivity index (χ4n) is 2.19. The van der Waals surface area contributed by atoms with Gasteiger partial charge in [-0.1, -0.05) is 58.9 Å². The minimum absolute atomic E-state index is 0.493. The molecular weight excluding hydrogens is 306 g/mol. The summed E-state index contributed by atoms with van der Waals surface area (Å²) >= 11 is 5.48. The van der Waals surface area contributed by atoms with Crippen LogP contribution in [0.15, 0.2) is 52.3 Å². The van der Waals surface area contributed by atoms with Crippen LogP contribution in [-0.2, 0) is 6.42 Å². The van der Waals surface area contributed by atoms with Crippen molar-refractivity contribution in [1.82, 2.24) is 0 Å². The highest BCUT2D eigenvalue weighted by Crippen LogP contribution is 2.45. The Kier molecular flexibility index (Phi) is 3.35. The highest BCUT2D eigenvalue weighted by atomic mass is 79.9. The smallest absolute Gasteiger partial charge is 0.0559 e. The Morgan fingerprint density at radius 1 is 1.11 bits per heavy atom. The topological polar surface area (TPSA) is 12.0 Å². The van der Waals surface area contributed by atoms with Crippen molar-refractivity contribution < 1.29 is 0 Å². The lowest BCUT2D eigenvalue weighted by Gasteiger charge is -2.23. The quantitative estimate of drug-likeness (QED) is 0.650. The van der Waals surface area contributed by atoms with Gasteiger partial charge in [0.15, 0.2) is 0 Å². The van der Waals surface area contributed by atoms with Gasteiger partial charge in [0.05, 0.1) is 11.4 Å². The molecule has 0 fully saturated rings. The molecule has 1 aliphatic heterocycles. The number of hydrogen-bond acceptors (Lipinski definition) is 2. The van der Waals surface area contributed by atoms with Crippen LogP contribution in [0.5, 0.6) is 0 Å². The van der Waals surface area contributed by atoms with E-state index < -0.39 is 0 Å². The second-order valence-electron chi connectivity index (χ2n) is 4.50. The van der Waals surface area contributed by atoms with Gasteiger partial charge >= 0.3 is 0 Å². The van der Waals surface area contributed by atoms with Crippen molar-refractivity contribution in [3.8, 4) is 0 Å². The maximum Gasteiger partial charge on any atom is 0.0559 e. The molecule has 1 nitrogen and oxygen atoms in total. The average molecular weight is 320 g/mol.